The van der Waals surface area contributed by atoms with Crippen LogP contribution < -0.4 is 9.30 Å². The van der Waals surface area contributed by atoms with Gasteiger partial charge in [-0.15, -0.1) is 0 Å². The molecule has 1 aromatic carbocycles. The van der Waals surface area contributed by atoms with Gasteiger partial charge in [-0.25, -0.2) is 9.36 Å². The SMILES string of the molecule is COc1ccc(Cl)cc1-n1c(C)c[n+]2c1N=C1C2C(=O)N(CCN2CCOCC2)C(=O)N1C. The Kier molecular flexibility index (Phi) is 5.59. The molecule has 33 heavy (non-hydrogen) atoms. The summed E-state index contributed by atoms with van der Waals surface area (Å²) < 4.78 is 14.6. The highest BCUT2D eigenvalue weighted by atomic mass is 35.5. The Morgan fingerprint density at radius 2 is 2.00 bits per heavy atom. The number of imide groups is 1. The fraction of sp³-hybridized carbons (Fsp3) is 0.455. The number of methoxy groups -OCH3 is 1. The van der Waals surface area contributed by atoms with Crippen molar-refractivity contribution in [2.75, 3.05) is 53.6 Å². The Bertz CT molecular complexity index is 1160. The van der Waals surface area contributed by atoms with Crippen LogP contribution >= 0.6 is 11.6 Å². The summed E-state index contributed by atoms with van der Waals surface area (Å²) >= 11 is 6.26. The van der Waals surface area contributed by atoms with Gasteiger partial charge in [0.05, 0.1) is 20.3 Å². The second kappa shape index (κ2) is 8.44. The lowest BCUT2D eigenvalue weighted by molar-refractivity contribution is -0.676. The summed E-state index contributed by atoms with van der Waals surface area (Å²) in [6.07, 6.45) is 1.87. The van der Waals surface area contributed by atoms with Crippen molar-refractivity contribution in [3.8, 4) is 11.4 Å². The second-order valence-electron chi connectivity index (χ2n) is 8.29. The number of carbonyl (C=O) groups is 2. The Hall–Kier alpha value is -2.95. The summed E-state index contributed by atoms with van der Waals surface area (Å²) in [5, 5.41) is 0.554. The Balaban J connectivity index is 1.50. The number of rotatable bonds is 5. The Morgan fingerprint density at radius 3 is 2.73 bits per heavy atom. The zero-order valence-electron chi connectivity index (χ0n) is 18.8. The second-order valence-corrected chi connectivity index (χ2v) is 8.72. The smallest absolute Gasteiger partial charge is 0.407 e. The third-order valence-electron chi connectivity index (χ3n) is 6.33. The third-order valence-corrected chi connectivity index (χ3v) is 6.57. The van der Waals surface area contributed by atoms with Crippen LogP contribution in [0.1, 0.15) is 11.7 Å². The van der Waals surface area contributed by atoms with E-state index in [4.69, 9.17) is 26.1 Å². The van der Waals surface area contributed by atoms with E-state index in [0.29, 0.717) is 54.5 Å². The van der Waals surface area contributed by atoms with E-state index in [1.807, 2.05) is 22.3 Å². The molecule has 1 atom stereocenters. The molecule has 3 amide bonds. The van der Waals surface area contributed by atoms with E-state index in [0.717, 1.165) is 18.8 Å². The molecule has 174 valence electrons. The first-order valence-corrected chi connectivity index (χ1v) is 11.2. The van der Waals surface area contributed by atoms with Crippen molar-refractivity contribution in [1.29, 1.82) is 0 Å². The first kappa shape index (κ1) is 21.9. The van der Waals surface area contributed by atoms with E-state index in [-0.39, 0.29) is 11.9 Å². The molecular formula is C22H26ClN6O4+. The van der Waals surface area contributed by atoms with Crippen molar-refractivity contribution in [3.63, 3.8) is 0 Å². The fourth-order valence-electron chi connectivity index (χ4n) is 4.59. The van der Waals surface area contributed by atoms with Crippen molar-refractivity contribution in [2.24, 2.45) is 4.99 Å². The highest BCUT2D eigenvalue weighted by Gasteiger charge is 2.53. The van der Waals surface area contributed by atoms with Crippen molar-refractivity contribution >= 4 is 35.3 Å². The number of amidine groups is 1. The number of imidazole rings is 1. The molecule has 0 N–H and O–H groups in total. The minimum Gasteiger partial charge on any atom is -0.493 e. The summed E-state index contributed by atoms with van der Waals surface area (Å²) in [7, 11) is 3.25. The zero-order valence-corrected chi connectivity index (χ0v) is 19.6. The topological polar surface area (TPSA) is 83.5 Å². The van der Waals surface area contributed by atoms with Gasteiger partial charge in [-0.1, -0.05) is 16.6 Å². The van der Waals surface area contributed by atoms with E-state index in [1.54, 1.807) is 32.4 Å². The first-order valence-electron chi connectivity index (χ1n) is 10.9. The summed E-state index contributed by atoms with van der Waals surface area (Å²) in [4.78, 5) is 36.3. The number of carbonyl (C=O) groups excluding carboxylic acids is 2. The lowest BCUT2D eigenvalue weighted by Gasteiger charge is -2.35. The molecule has 0 bridgehead atoms. The number of morpholine rings is 1. The molecule has 5 rings (SSSR count). The minimum absolute atomic E-state index is 0.274. The average molecular weight is 474 g/mol. The van der Waals surface area contributed by atoms with Crippen LogP contribution in [0.15, 0.2) is 29.4 Å². The molecule has 2 fully saturated rings. The summed E-state index contributed by atoms with van der Waals surface area (Å²) in [5.41, 5.74) is 1.57. The monoisotopic (exact) mass is 473 g/mol. The Labute approximate surface area is 196 Å². The number of hydrogen-bond donors (Lipinski definition) is 0. The molecule has 3 aliphatic heterocycles. The van der Waals surface area contributed by atoms with Crippen LogP contribution in [0, 0.1) is 6.92 Å². The standard InChI is InChI=1S/C22H26ClN6O4/c1-14-13-28-18-19(24-21(28)29(14)16-12-15(23)4-5-17(16)32-3)25(2)22(31)27(20(18)30)7-6-26-8-10-33-11-9-26/h4-5,12-13,18H,6-11H2,1-3H3/q+1. The van der Waals surface area contributed by atoms with Gasteiger partial charge < -0.3 is 9.47 Å². The summed E-state index contributed by atoms with van der Waals surface area (Å²) in [5.74, 6) is 1.30. The van der Waals surface area contributed by atoms with Gasteiger partial charge in [0.25, 0.3) is 5.91 Å². The van der Waals surface area contributed by atoms with Crippen molar-refractivity contribution in [1.82, 2.24) is 19.3 Å². The number of urea groups is 1. The molecule has 4 heterocycles. The average Bonchev–Trinajstić information content (AvgIpc) is 3.32. The highest BCUT2D eigenvalue weighted by molar-refractivity contribution is 6.30. The molecule has 10 nitrogen and oxygen atoms in total. The normalized spacial score (nSPS) is 20.7. The molecule has 1 aromatic heterocycles. The minimum atomic E-state index is -0.697. The number of ether oxygens (including phenoxy) is 2. The fourth-order valence-corrected chi connectivity index (χ4v) is 4.76. The number of fused-ring (bicyclic) bond motifs is 3. The zero-order chi connectivity index (χ0) is 23.3. The van der Waals surface area contributed by atoms with Gasteiger partial charge in [0.1, 0.15) is 11.9 Å². The van der Waals surface area contributed by atoms with E-state index in [1.165, 1.54) is 9.80 Å². The van der Waals surface area contributed by atoms with Gasteiger partial charge >= 0.3 is 12.0 Å². The molecule has 0 radical (unpaired) electrons. The van der Waals surface area contributed by atoms with Crippen molar-refractivity contribution < 1.29 is 23.6 Å². The van der Waals surface area contributed by atoms with E-state index in [9.17, 15) is 9.59 Å². The largest absolute Gasteiger partial charge is 0.493 e. The number of aryl methyl sites for hydroxylation is 1. The van der Waals surface area contributed by atoms with Gasteiger partial charge in [0.2, 0.25) is 11.9 Å². The van der Waals surface area contributed by atoms with Crippen LogP contribution in [-0.2, 0) is 9.53 Å². The van der Waals surface area contributed by atoms with Crippen LogP contribution in [0.3, 0.4) is 0 Å². The van der Waals surface area contributed by atoms with Crippen LogP contribution in [0.5, 0.6) is 5.75 Å². The van der Waals surface area contributed by atoms with E-state index >= 15 is 0 Å². The van der Waals surface area contributed by atoms with Crippen molar-refractivity contribution in [2.45, 2.75) is 13.0 Å². The van der Waals surface area contributed by atoms with Crippen LogP contribution in [0.25, 0.3) is 5.69 Å². The molecule has 2 saturated heterocycles. The maximum atomic E-state index is 13.5. The van der Waals surface area contributed by atoms with Crippen molar-refractivity contribution in [3.05, 3.63) is 35.1 Å². The maximum Gasteiger partial charge on any atom is 0.407 e. The van der Waals surface area contributed by atoms with Gasteiger partial charge in [-0.3, -0.25) is 19.5 Å². The molecule has 0 spiro atoms. The predicted molar refractivity (Wildman–Crippen MR) is 121 cm³/mol. The van der Waals surface area contributed by atoms with E-state index < -0.39 is 6.04 Å². The molecule has 2 aromatic rings. The molecular weight excluding hydrogens is 448 g/mol. The number of amides is 3. The number of likely N-dealkylation sites (N-methyl/N-ethyl adjacent to an activating group) is 1. The molecule has 0 saturated carbocycles. The molecule has 3 aliphatic rings. The molecule has 0 aliphatic carbocycles. The number of aliphatic imine (C=N–C) groups is 1. The van der Waals surface area contributed by atoms with Gasteiger partial charge in [-0.05, 0) is 19.1 Å². The Morgan fingerprint density at radius 1 is 1.24 bits per heavy atom. The van der Waals surface area contributed by atoms with Gasteiger partial charge in [0.15, 0.2) is 11.4 Å². The molecule has 11 heteroatoms. The predicted octanol–water partition coefficient (Wildman–Crippen LogP) is 1.55. The molecule has 1 unspecified atom stereocenters. The first-order chi connectivity index (χ1) is 15.9. The lowest BCUT2D eigenvalue weighted by atomic mass is 10.1. The maximum absolute atomic E-state index is 13.5. The number of nitrogens with zero attached hydrogens (tertiary/aromatic N) is 6. The number of benzene rings is 1. The summed E-state index contributed by atoms with van der Waals surface area (Å²) in [6.45, 7) is 5.80. The quantitative estimate of drug-likeness (QED) is 0.615. The van der Waals surface area contributed by atoms with Gasteiger partial charge in [-0.2, -0.15) is 4.57 Å². The number of hydrogen-bond acceptors (Lipinski definition) is 6. The third kappa shape index (κ3) is 3.58. The summed E-state index contributed by atoms with van der Waals surface area (Å²) in [6, 6.07) is 4.28. The number of aromatic nitrogens is 2. The lowest BCUT2D eigenvalue weighted by Crippen LogP contribution is -2.63. The van der Waals surface area contributed by atoms with Crippen LogP contribution in [0.2, 0.25) is 5.02 Å². The van der Waals surface area contributed by atoms with Gasteiger partial charge in [0, 0.05) is 44.3 Å². The highest BCUT2D eigenvalue weighted by Crippen LogP contribution is 2.35. The number of halogens is 1. The van der Waals surface area contributed by atoms with Crippen LogP contribution in [0.4, 0.5) is 10.7 Å². The van der Waals surface area contributed by atoms with Crippen LogP contribution in [-0.4, -0.2) is 90.6 Å². The van der Waals surface area contributed by atoms with E-state index in [2.05, 4.69) is 4.90 Å².